The van der Waals surface area contributed by atoms with E-state index >= 15 is 0 Å². The van der Waals surface area contributed by atoms with E-state index in [2.05, 4.69) is 0 Å². The number of aliphatic hydroxyl groups is 1. The number of ether oxygens (including phenoxy) is 11. The van der Waals surface area contributed by atoms with Crippen LogP contribution in [0.3, 0.4) is 0 Å². The van der Waals surface area contributed by atoms with Crippen LogP contribution in [0.5, 0.6) is 5.75 Å². The van der Waals surface area contributed by atoms with Gasteiger partial charge in [-0.25, -0.2) is 4.79 Å². The molecule has 0 aliphatic carbocycles. The van der Waals surface area contributed by atoms with Gasteiger partial charge in [-0.15, -0.1) is 0 Å². The van der Waals surface area contributed by atoms with E-state index in [-0.39, 0.29) is 46.2 Å². The summed E-state index contributed by atoms with van der Waals surface area (Å²) in [5, 5.41) is 37.7. The average molecular weight is 1110 g/mol. The van der Waals surface area contributed by atoms with Crippen LogP contribution in [0.4, 0.5) is 11.4 Å². The van der Waals surface area contributed by atoms with Crippen LogP contribution in [0, 0.1) is 20.2 Å². The zero-order valence-electron chi connectivity index (χ0n) is 44.3. The van der Waals surface area contributed by atoms with Gasteiger partial charge in [0.15, 0.2) is 6.29 Å². The van der Waals surface area contributed by atoms with E-state index < -0.39 is 107 Å². The van der Waals surface area contributed by atoms with Gasteiger partial charge in [-0.3, -0.25) is 20.2 Å². The smallest absolute Gasteiger partial charge is 0.342 e. The molecule has 2 aliphatic rings. The second kappa shape index (κ2) is 29.1. The van der Waals surface area contributed by atoms with E-state index in [9.17, 15) is 30.1 Å². The normalized spacial score (nSPS) is 22.6. The number of carbonyl (C=O) groups is 1. The van der Waals surface area contributed by atoms with Crippen molar-refractivity contribution in [3.8, 4) is 5.75 Å². The van der Waals surface area contributed by atoms with Gasteiger partial charge in [0.2, 0.25) is 12.0 Å². The molecule has 1 N–H and O–H groups in total. The third-order valence-corrected chi connectivity index (χ3v) is 13.6. The van der Waals surface area contributed by atoms with Crippen LogP contribution < -0.4 is 4.74 Å². The quantitative estimate of drug-likeness (QED) is 0.0287. The highest BCUT2D eigenvalue weighted by Crippen LogP contribution is 2.40. The second-order valence-corrected chi connectivity index (χ2v) is 19.2. The summed E-state index contributed by atoms with van der Waals surface area (Å²) in [6, 6.07) is 57.5. The van der Waals surface area contributed by atoms with Crippen LogP contribution >= 0.6 is 0 Å². The van der Waals surface area contributed by atoms with E-state index in [4.69, 9.17) is 52.1 Å². The van der Waals surface area contributed by atoms with Gasteiger partial charge in [-0.1, -0.05) is 182 Å². The van der Waals surface area contributed by atoms with Gasteiger partial charge in [-0.05, 0) is 33.4 Å². The van der Waals surface area contributed by atoms with Crippen LogP contribution in [0.1, 0.15) is 43.7 Å². The molecule has 2 saturated heterocycles. The van der Waals surface area contributed by atoms with E-state index in [1.54, 1.807) is 0 Å². The molecule has 0 amide bonds. The first-order valence-corrected chi connectivity index (χ1v) is 26.3. The first kappa shape index (κ1) is 57.9. The molecular weight excluding hydrogens is 1040 g/mol. The molecule has 7 aromatic rings. The summed E-state index contributed by atoms with van der Waals surface area (Å²) in [6.07, 6.45) is -12.2. The predicted octanol–water partition coefficient (Wildman–Crippen LogP) is 9.64. The van der Waals surface area contributed by atoms with Crippen molar-refractivity contribution in [3.63, 3.8) is 0 Å². The molecule has 0 bridgehead atoms. The summed E-state index contributed by atoms with van der Waals surface area (Å²) in [4.78, 5) is 38.5. The Labute approximate surface area is 468 Å². The van der Waals surface area contributed by atoms with Crippen molar-refractivity contribution in [3.05, 3.63) is 253 Å². The lowest BCUT2D eigenvalue weighted by Gasteiger charge is -2.45. The van der Waals surface area contributed by atoms with Gasteiger partial charge >= 0.3 is 11.7 Å². The fourth-order valence-electron chi connectivity index (χ4n) is 9.43. The topological polar surface area (TPSA) is 225 Å². The maximum Gasteiger partial charge on any atom is 0.342 e. The lowest BCUT2D eigenvalue weighted by Crippen LogP contribution is -2.62. The van der Waals surface area contributed by atoms with Gasteiger partial charge in [0.05, 0.1) is 62.2 Å². The summed E-state index contributed by atoms with van der Waals surface area (Å²) < 4.78 is 70.4. The van der Waals surface area contributed by atoms with Crippen LogP contribution in [-0.4, -0.2) is 103 Å². The number of carbonyl (C=O) groups excluding carboxylic acids is 1. The minimum absolute atomic E-state index is 0.0402. The molecule has 2 fully saturated rings. The molecule has 422 valence electrons. The first-order valence-electron chi connectivity index (χ1n) is 26.3. The molecule has 2 aliphatic heterocycles. The number of nitro groups is 2. The lowest BCUT2D eigenvalue weighted by molar-refractivity contribution is -0.395. The fraction of sp³-hybridized carbons (Fsp3) is 0.306. The van der Waals surface area contributed by atoms with Crippen LogP contribution in [0.2, 0.25) is 0 Å². The van der Waals surface area contributed by atoms with E-state index in [1.165, 1.54) is 7.11 Å². The molecule has 0 spiro atoms. The number of methoxy groups -OCH3 is 1. The molecule has 0 aromatic heterocycles. The Morgan fingerprint density at radius 1 is 0.481 bits per heavy atom. The zero-order chi connectivity index (χ0) is 56.3. The summed E-state index contributed by atoms with van der Waals surface area (Å²) in [7, 11) is 1.38. The van der Waals surface area contributed by atoms with E-state index in [0.717, 1.165) is 39.4 Å². The SMILES string of the molecule is CO[C@H]1O[C@H](COC(=O)c2cc([N+](=O)[O-])cc([N+](=O)[O-])c2O[C@@H]2O[C@H](COCc3ccccc3)[C@@H](OCc3ccccc3)[C@H](OCc3ccccc3)[C@@H]2OCc2ccccc2)[C@@H](O)[C@H](OCc2ccccc2)[C@H]1OCc1ccccc1. The summed E-state index contributed by atoms with van der Waals surface area (Å²) in [6.45, 7) is -0.415. The highest BCUT2D eigenvalue weighted by atomic mass is 16.7. The highest BCUT2D eigenvalue weighted by Gasteiger charge is 2.52. The molecular formula is C62H62N2O17. The van der Waals surface area contributed by atoms with Crippen molar-refractivity contribution in [1.82, 2.24) is 0 Å². The third-order valence-electron chi connectivity index (χ3n) is 13.6. The second-order valence-electron chi connectivity index (χ2n) is 19.2. The van der Waals surface area contributed by atoms with Crippen molar-refractivity contribution in [1.29, 1.82) is 0 Å². The van der Waals surface area contributed by atoms with Crippen LogP contribution in [0.15, 0.2) is 194 Å². The van der Waals surface area contributed by atoms with Gasteiger partial charge in [0.25, 0.3) is 5.69 Å². The molecule has 19 heteroatoms. The molecule has 10 atom stereocenters. The number of non-ortho nitro benzene ring substituents is 1. The van der Waals surface area contributed by atoms with Gasteiger partial charge < -0.3 is 57.2 Å². The molecule has 81 heavy (non-hydrogen) atoms. The minimum Gasteiger partial charge on any atom is -0.459 e. The van der Waals surface area contributed by atoms with Crippen molar-refractivity contribution >= 4 is 17.3 Å². The lowest BCUT2D eigenvalue weighted by atomic mass is 9.97. The van der Waals surface area contributed by atoms with E-state index in [0.29, 0.717) is 6.07 Å². The Kier molecular flexibility index (Phi) is 20.8. The number of nitrogens with zero attached hydrogens (tertiary/aromatic N) is 2. The van der Waals surface area contributed by atoms with Crippen molar-refractivity contribution < 1.29 is 71.9 Å². The summed E-state index contributed by atoms with van der Waals surface area (Å²) in [5.41, 5.74) is 2.34. The molecule has 2 heterocycles. The predicted molar refractivity (Wildman–Crippen MR) is 292 cm³/mol. The number of hydrogen-bond acceptors (Lipinski definition) is 17. The number of aliphatic hydroxyl groups excluding tert-OH is 1. The molecule has 7 aromatic carbocycles. The Balaban J connectivity index is 1.05. The monoisotopic (exact) mass is 1110 g/mol. The minimum atomic E-state index is -1.66. The number of nitro benzene ring substituents is 2. The Hall–Kier alpha value is -7.79. The number of rotatable bonds is 27. The van der Waals surface area contributed by atoms with Gasteiger partial charge in [0, 0.05) is 13.2 Å². The Morgan fingerprint density at radius 3 is 1.31 bits per heavy atom. The molecule has 0 radical (unpaired) electrons. The van der Waals surface area contributed by atoms with Crippen molar-refractivity contribution in [2.75, 3.05) is 20.3 Å². The Morgan fingerprint density at radius 2 is 0.877 bits per heavy atom. The van der Waals surface area contributed by atoms with E-state index in [1.807, 2.05) is 182 Å². The molecule has 19 nitrogen and oxygen atoms in total. The van der Waals surface area contributed by atoms with Crippen LogP contribution in [0.25, 0.3) is 0 Å². The molecule has 0 unspecified atom stereocenters. The van der Waals surface area contributed by atoms with Crippen molar-refractivity contribution in [2.24, 2.45) is 0 Å². The molecule has 0 saturated carbocycles. The number of esters is 1. The summed E-state index contributed by atoms with van der Waals surface area (Å²) in [5.74, 6) is -2.06. The molecule has 9 rings (SSSR count). The maximum atomic E-state index is 14.7. The third kappa shape index (κ3) is 15.8. The summed E-state index contributed by atoms with van der Waals surface area (Å²) >= 11 is 0. The number of benzene rings is 7. The first-order chi connectivity index (χ1) is 39.6. The van der Waals surface area contributed by atoms with Gasteiger partial charge in [0.1, 0.15) is 61.0 Å². The fourth-order valence-corrected chi connectivity index (χ4v) is 9.43. The zero-order valence-corrected chi connectivity index (χ0v) is 44.3. The standard InChI is InChI=1S/C62H62N2O17/c1-71-61-58(76-38-46-28-16-6-17-29-46)56(74-36-44-24-12-4-13-25-44)53(65)51(79-61)41-78-60(66)49-32-48(63(67)68)33-50(64(69)70)54(49)81-62-59(77-39-47-30-18-7-19-31-47)57(75-37-45-26-14-5-15-27-45)55(73-35-43-22-10-3-11-23-43)52(80-62)40-72-34-42-20-8-2-9-21-42/h2-33,51-53,55-59,61-62,65H,34-41H2,1H3/t51-,52-,53-,55-,56+,57+,58-,59+,61+,62+/m1/s1. The average Bonchev–Trinajstić information content (AvgIpc) is 3.65. The number of hydrogen-bond donors (Lipinski definition) is 1. The highest BCUT2D eigenvalue weighted by molar-refractivity contribution is 5.95. The maximum absolute atomic E-state index is 14.7. The van der Waals surface area contributed by atoms with Gasteiger partial charge in [-0.2, -0.15) is 0 Å². The Bertz CT molecular complexity index is 3060. The van der Waals surface area contributed by atoms with Crippen molar-refractivity contribution in [2.45, 2.75) is 101 Å². The van der Waals surface area contributed by atoms with Crippen LogP contribution in [-0.2, 0) is 87.0 Å². The largest absolute Gasteiger partial charge is 0.459 e.